The van der Waals surface area contributed by atoms with Crippen molar-refractivity contribution in [3.05, 3.63) is 23.7 Å². The molecule has 0 aliphatic carbocycles. The van der Waals surface area contributed by atoms with E-state index in [1.165, 1.54) is 6.92 Å². The van der Waals surface area contributed by atoms with Crippen molar-refractivity contribution in [3.8, 4) is 11.5 Å². The summed E-state index contributed by atoms with van der Waals surface area (Å²) >= 11 is 0. The summed E-state index contributed by atoms with van der Waals surface area (Å²) in [4.78, 5) is 0. The van der Waals surface area contributed by atoms with E-state index in [0.29, 0.717) is 5.31 Å². The molecule has 3 nitrogen and oxygen atoms in total. The molecule has 0 saturated carbocycles. The Morgan fingerprint density at radius 2 is 2.57 bits per heavy atom. The summed E-state index contributed by atoms with van der Waals surface area (Å²) in [7, 11) is 0. The maximum absolute atomic E-state index is 8.04. The molecular formula is C11H15NO2. The molecule has 0 spiro atoms. The molecule has 0 saturated heterocycles. The zero-order valence-corrected chi connectivity index (χ0v) is 7.55. The first-order chi connectivity index (χ1) is 10.3. The van der Waals surface area contributed by atoms with E-state index in [1.54, 1.807) is 0 Å². The highest BCUT2D eigenvalue weighted by Crippen LogP contribution is 2.32. The third-order valence-electron chi connectivity index (χ3n) is 1.80. The van der Waals surface area contributed by atoms with Gasteiger partial charge in [0.1, 0.15) is 4.15 Å². The molecule has 2 rings (SSSR count). The van der Waals surface area contributed by atoms with E-state index < -0.39 is 25.8 Å². The van der Waals surface area contributed by atoms with Gasteiger partial charge in [-0.1, -0.05) is 6.04 Å². The van der Waals surface area contributed by atoms with Gasteiger partial charge in [0.05, 0.1) is 4.11 Å². The first-order valence-electron chi connectivity index (χ1n) is 8.58. The van der Waals surface area contributed by atoms with Gasteiger partial charge in [-0.15, -0.1) is 0 Å². The zero-order valence-electron chi connectivity index (χ0n) is 16.5. The minimum Gasteiger partial charge on any atom is -0.454 e. The van der Waals surface area contributed by atoms with E-state index in [9.17, 15) is 0 Å². The number of benzene rings is 1. The van der Waals surface area contributed by atoms with Crippen LogP contribution in [0.15, 0.2) is 18.1 Å². The Hall–Kier alpha value is -1.22. The summed E-state index contributed by atoms with van der Waals surface area (Å²) in [6, 6.07) is -2.01. The van der Waals surface area contributed by atoms with E-state index in [4.69, 9.17) is 21.9 Å². The van der Waals surface area contributed by atoms with Gasteiger partial charge in [0.2, 0.25) is 6.75 Å². The van der Waals surface area contributed by atoms with Crippen LogP contribution in [0.3, 0.4) is 0 Å². The predicted octanol–water partition coefficient (Wildman–Crippen LogP) is 1.57. The van der Waals surface area contributed by atoms with Crippen LogP contribution in [0.5, 0.6) is 11.5 Å². The summed E-state index contributed by atoms with van der Waals surface area (Å²) in [5.74, 6) is -0.608. The highest BCUT2D eigenvalue weighted by molar-refractivity contribution is 5.44. The van der Waals surface area contributed by atoms with Crippen molar-refractivity contribution in [1.82, 2.24) is 5.31 Å². The summed E-state index contributed by atoms with van der Waals surface area (Å²) in [6.07, 6.45) is -0.148. The smallest absolute Gasteiger partial charge is 0.231 e. The Bertz CT molecular complexity index is 631. The van der Waals surface area contributed by atoms with Gasteiger partial charge >= 0.3 is 0 Å². The molecule has 1 N–H and O–H groups in total. The minimum absolute atomic E-state index is 0.00375. The van der Waals surface area contributed by atoms with Gasteiger partial charge in [-0.2, -0.15) is 0 Å². The zero-order chi connectivity index (χ0) is 17.7. The number of hydrogen-bond donors (Lipinski definition) is 1. The van der Waals surface area contributed by atoms with Crippen molar-refractivity contribution in [2.24, 2.45) is 0 Å². The molecule has 1 aromatic carbocycles. The van der Waals surface area contributed by atoms with Crippen molar-refractivity contribution in [1.29, 1.82) is 0 Å². The first kappa shape index (κ1) is 3.42. The Balaban J connectivity index is 2.41. The van der Waals surface area contributed by atoms with Crippen LogP contribution in [0.25, 0.3) is 0 Å². The molecule has 0 fully saturated rings. The summed E-state index contributed by atoms with van der Waals surface area (Å²) in [5.41, 5.74) is 0.00375. The normalized spacial score (nSPS) is 29.7. The van der Waals surface area contributed by atoms with Crippen LogP contribution < -0.4 is 14.8 Å². The number of hydrogen-bond acceptors (Lipinski definition) is 3. The quantitative estimate of drug-likeness (QED) is 0.807. The number of ether oxygens (including phenoxy) is 2. The van der Waals surface area contributed by atoms with Gasteiger partial charge < -0.3 is 14.8 Å². The summed E-state index contributed by atoms with van der Waals surface area (Å²) < 4.78 is 77.4. The molecule has 0 bridgehead atoms. The summed E-state index contributed by atoms with van der Waals surface area (Å²) in [6.45, 7) is -3.72. The first-order valence-corrected chi connectivity index (χ1v) is 4.14. The third-order valence-corrected chi connectivity index (χ3v) is 1.80. The molecule has 1 aliphatic rings. The van der Waals surface area contributed by atoms with Gasteiger partial charge in [-0.3, -0.25) is 0 Å². The predicted molar refractivity (Wildman–Crippen MR) is 54.8 cm³/mol. The minimum atomic E-state index is -2.65. The fraction of sp³-hybridized carbons (Fsp3) is 0.455. The molecule has 0 amide bonds. The van der Waals surface area contributed by atoms with Crippen LogP contribution in [0, 0.1) is 0 Å². The second-order valence-corrected chi connectivity index (χ2v) is 2.98. The van der Waals surface area contributed by atoms with E-state index >= 15 is 0 Å². The number of fused-ring (bicyclic) bond motifs is 1. The van der Waals surface area contributed by atoms with E-state index in [2.05, 4.69) is 0 Å². The van der Waals surface area contributed by atoms with Crippen LogP contribution in [0.1, 0.15) is 23.5 Å². The van der Waals surface area contributed by atoms with Crippen molar-refractivity contribution in [2.45, 2.75) is 19.4 Å². The molecule has 1 atom stereocenters. The topological polar surface area (TPSA) is 30.5 Å². The lowest BCUT2D eigenvalue weighted by atomic mass is 10.1. The Morgan fingerprint density at radius 1 is 1.71 bits per heavy atom. The Kier molecular flexibility index (Phi) is 0.947. The van der Waals surface area contributed by atoms with Crippen molar-refractivity contribution >= 4 is 0 Å². The van der Waals surface area contributed by atoms with E-state index in [0.717, 1.165) is 0 Å². The standard InChI is InChI=1S/C11H15NO2/c1-8(12-2)5-9-3-4-10-11(6-9)14-7-13-10/h3-4,6,8,12H,5,7H2,1-2H3/i2D3,3D,4D,6D,7D2/hD. The molecular weight excluding hydrogens is 178 g/mol. The van der Waals surface area contributed by atoms with Gasteiger partial charge in [0.15, 0.2) is 11.5 Å². The maximum Gasteiger partial charge on any atom is 0.231 e. The highest BCUT2D eigenvalue weighted by Gasteiger charge is 2.13. The molecule has 1 aromatic rings. The average Bonchev–Trinajstić information content (AvgIpc) is 2.75. The number of likely N-dealkylation sites (N-methyl/N-ethyl adjacent to an activating group) is 1. The lowest BCUT2D eigenvalue weighted by Crippen LogP contribution is -2.23. The Labute approximate surface area is 96.7 Å². The molecule has 76 valence electrons. The highest BCUT2D eigenvalue weighted by atomic mass is 16.7. The lowest BCUT2D eigenvalue weighted by Gasteiger charge is -2.09. The average molecular weight is 202 g/mol. The largest absolute Gasteiger partial charge is 0.454 e. The van der Waals surface area contributed by atoms with Crippen molar-refractivity contribution in [2.75, 3.05) is 13.7 Å². The van der Waals surface area contributed by atoms with Crippen LogP contribution >= 0.6 is 0 Å². The maximum atomic E-state index is 8.04. The van der Waals surface area contributed by atoms with E-state index in [1.807, 2.05) is 0 Å². The van der Waals surface area contributed by atoms with Crippen molar-refractivity contribution < 1.29 is 21.9 Å². The van der Waals surface area contributed by atoms with Crippen LogP contribution in [0.4, 0.5) is 0 Å². The van der Waals surface area contributed by atoms with Gasteiger partial charge in [0.25, 0.3) is 0 Å². The number of nitrogens with one attached hydrogen (secondary N) is 1. The monoisotopic (exact) mass is 202 g/mol. The Morgan fingerprint density at radius 3 is 3.43 bits per heavy atom. The molecule has 3 heteroatoms. The SMILES string of the molecule is [2H]c1c([2H])c2c(c([2H])c1CC(C)N([2H])C([2H])([2H])[2H])OC([2H])([2H])O2. The van der Waals surface area contributed by atoms with Gasteiger partial charge in [-0.25, -0.2) is 0 Å². The molecule has 0 aromatic heterocycles. The fourth-order valence-corrected chi connectivity index (χ4v) is 1.11. The van der Waals surface area contributed by atoms with Gasteiger partial charge in [-0.05, 0) is 38.0 Å². The third kappa shape index (κ3) is 1.82. The fourth-order valence-electron chi connectivity index (χ4n) is 1.11. The van der Waals surface area contributed by atoms with Crippen LogP contribution in [-0.4, -0.2) is 19.8 Å². The van der Waals surface area contributed by atoms with Gasteiger partial charge in [0, 0.05) is 10.2 Å². The summed E-state index contributed by atoms with van der Waals surface area (Å²) in [5, 5.41) is 0.388. The molecule has 1 heterocycles. The van der Waals surface area contributed by atoms with Crippen LogP contribution in [0.2, 0.25) is 1.41 Å². The molecule has 0 radical (unpaired) electrons. The second-order valence-electron chi connectivity index (χ2n) is 2.98. The van der Waals surface area contributed by atoms with Crippen LogP contribution in [-0.2, 0) is 6.42 Å². The second kappa shape index (κ2) is 3.88. The molecule has 14 heavy (non-hydrogen) atoms. The number of rotatable bonds is 3. The molecule has 1 unspecified atom stereocenters. The molecule has 1 aliphatic heterocycles. The lowest BCUT2D eigenvalue weighted by molar-refractivity contribution is 0.174. The van der Waals surface area contributed by atoms with Crippen molar-refractivity contribution in [3.63, 3.8) is 0 Å². The van der Waals surface area contributed by atoms with E-state index in [-0.39, 0.29) is 35.6 Å².